The number of hydrogen-bond donors (Lipinski definition) is 4. The molecule has 3 aromatic rings. The van der Waals surface area contributed by atoms with Crippen LogP contribution in [0.3, 0.4) is 0 Å². The number of carbonyl (C=O) groups excluding carboxylic acids is 1. The average Bonchev–Trinajstić information content (AvgIpc) is 3.56. The number of hydrogen-bond acceptors (Lipinski definition) is 7. The summed E-state index contributed by atoms with van der Waals surface area (Å²) in [5.74, 6) is 0.440. The highest BCUT2D eigenvalue weighted by Crippen LogP contribution is 2.30. The first kappa shape index (κ1) is 21.7. The summed E-state index contributed by atoms with van der Waals surface area (Å²) >= 11 is 0. The van der Waals surface area contributed by atoms with Crippen molar-refractivity contribution in [2.75, 3.05) is 10.6 Å². The van der Waals surface area contributed by atoms with E-state index in [0.717, 1.165) is 44.2 Å². The molecule has 10 heteroatoms. The van der Waals surface area contributed by atoms with Crippen LogP contribution in [0.1, 0.15) is 38.5 Å². The second-order valence-corrected chi connectivity index (χ2v) is 10.2. The monoisotopic (exact) mass is 470 g/mol. The van der Waals surface area contributed by atoms with E-state index in [4.69, 9.17) is 4.18 Å². The standard InChI is InChI=1S/C23H26N4O5S/c28-21-4-2-1-3-19(21)24-15-7-10-17(11-8-15)33(30,31)32-16-9-12-18-20(13-16)26-23(25-18)27-22(29)14-5-6-14/h7-14,19,21,24,28H,1-6H2,(H2,25,26,27,29). The van der Waals surface area contributed by atoms with Crippen LogP contribution < -0.4 is 14.8 Å². The van der Waals surface area contributed by atoms with Crippen molar-refractivity contribution in [3.63, 3.8) is 0 Å². The fourth-order valence-electron chi connectivity index (χ4n) is 4.05. The van der Waals surface area contributed by atoms with Gasteiger partial charge in [-0.3, -0.25) is 10.1 Å². The zero-order chi connectivity index (χ0) is 23.0. The van der Waals surface area contributed by atoms with Crippen LogP contribution in [0.15, 0.2) is 47.4 Å². The van der Waals surface area contributed by atoms with Gasteiger partial charge in [0, 0.05) is 17.7 Å². The highest BCUT2D eigenvalue weighted by molar-refractivity contribution is 7.87. The van der Waals surface area contributed by atoms with Crippen LogP contribution >= 0.6 is 0 Å². The molecule has 4 N–H and O–H groups in total. The fourth-order valence-corrected chi connectivity index (χ4v) is 4.97. The third-order valence-electron chi connectivity index (χ3n) is 6.07. The lowest BCUT2D eigenvalue weighted by Gasteiger charge is -2.29. The molecular weight excluding hydrogens is 444 g/mol. The minimum Gasteiger partial charge on any atom is -0.391 e. The number of anilines is 2. The van der Waals surface area contributed by atoms with Gasteiger partial charge in [0.2, 0.25) is 11.9 Å². The van der Waals surface area contributed by atoms with Crippen LogP contribution in [0.2, 0.25) is 0 Å². The van der Waals surface area contributed by atoms with E-state index in [1.807, 2.05) is 0 Å². The lowest BCUT2D eigenvalue weighted by Crippen LogP contribution is -2.36. The Labute approximate surface area is 191 Å². The zero-order valence-electron chi connectivity index (χ0n) is 18.0. The molecule has 2 fully saturated rings. The number of nitrogens with one attached hydrogen (secondary N) is 3. The van der Waals surface area contributed by atoms with Gasteiger partial charge >= 0.3 is 10.1 Å². The number of benzene rings is 2. The first-order chi connectivity index (χ1) is 15.9. The molecule has 1 heterocycles. The van der Waals surface area contributed by atoms with Gasteiger partial charge in [0.15, 0.2) is 0 Å². The molecule has 0 bridgehead atoms. The largest absolute Gasteiger partial charge is 0.391 e. The van der Waals surface area contributed by atoms with Crippen LogP contribution in [0, 0.1) is 5.92 Å². The molecule has 2 aliphatic carbocycles. The number of fused-ring (bicyclic) bond motifs is 1. The second kappa shape index (κ2) is 8.68. The molecule has 2 atom stereocenters. The van der Waals surface area contributed by atoms with E-state index >= 15 is 0 Å². The summed E-state index contributed by atoms with van der Waals surface area (Å²) in [6, 6.07) is 11.0. The summed E-state index contributed by atoms with van der Waals surface area (Å²) in [6.07, 6.45) is 5.12. The van der Waals surface area contributed by atoms with Crippen molar-refractivity contribution in [3.8, 4) is 5.75 Å². The van der Waals surface area contributed by atoms with E-state index in [0.29, 0.717) is 17.0 Å². The number of amides is 1. The molecule has 0 radical (unpaired) electrons. The Hall–Kier alpha value is -3.11. The lowest BCUT2D eigenvalue weighted by molar-refractivity contribution is -0.117. The summed E-state index contributed by atoms with van der Waals surface area (Å²) in [7, 11) is -4.04. The predicted molar refractivity (Wildman–Crippen MR) is 124 cm³/mol. The number of carbonyl (C=O) groups is 1. The topological polar surface area (TPSA) is 133 Å². The van der Waals surface area contributed by atoms with E-state index in [1.165, 1.54) is 24.3 Å². The van der Waals surface area contributed by atoms with Crippen LogP contribution in [-0.2, 0) is 14.9 Å². The fraction of sp³-hybridized carbons (Fsp3) is 0.391. The molecule has 2 aliphatic rings. The van der Waals surface area contributed by atoms with E-state index < -0.39 is 16.2 Å². The number of aliphatic hydroxyl groups excluding tert-OH is 1. The summed E-state index contributed by atoms with van der Waals surface area (Å²) in [5, 5.41) is 16.1. The van der Waals surface area contributed by atoms with Crippen LogP contribution in [-0.4, -0.2) is 41.5 Å². The van der Waals surface area contributed by atoms with Crippen molar-refractivity contribution in [2.24, 2.45) is 5.92 Å². The molecule has 2 unspecified atom stereocenters. The molecule has 5 rings (SSSR count). The smallest absolute Gasteiger partial charge is 0.339 e. The van der Waals surface area contributed by atoms with Gasteiger partial charge in [0.05, 0.1) is 23.2 Å². The number of nitrogens with zero attached hydrogens (tertiary/aromatic N) is 1. The van der Waals surface area contributed by atoms with Gasteiger partial charge < -0.3 is 19.6 Å². The summed E-state index contributed by atoms with van der Waals surface area (Å²) in [4.78, 5) is 19.3. The minimum atomic E-state index is -4.04. The SMILES string of the molecule is O=C(Nc1nc2cc(OS(=O)(=O)c3ccc(NC4CCCCC4O)cc3)ccc2[nH]1)C1CC1. The van der Waals surface area contributed by atoms with E-state index in [-0.39, 0.29) is 28.5 Å². The zero-order valence-corrected chi connectivity index (χ0v) is 18.8. The molecule has 174 valence electrons. The number of imidazole rings is 1. The Kier molecular flexibility index (Phi) is 5.71. The predicted octanol–water partition coefficient (Wildman–Crippen LogP) is 3.39. The van der Waals surface area contributed by atoms with Crippen LogP contribution in [0.4, 0.5) is 11.6 Å². The molecule has 1 aromatic heterocycles. The molecule has 0 aliphatic heterocycles. The van der Waals surface area contributed by atoms with Gasteiger partial charge in [-0.2, -0.15) is 8.42 Å². The van der Waals surface area contributed by atoms with Crippen molar-refractivity contribution in [1.29, 1.82) is 0 Å². The summed E-state index contributed by atoms with van der Waals surface area (Å²) < 4.78 is 30.8. The summed E-state index contributed by atoms with van der Waals surface area (Å²) in [6.45, 7) is 0. The molecule has 0 saturated heterocycles. The van der Waals surface area contributed by atoms with Gasteiger partial charge in [-0.25, -0.2) is 4.98 Å². The van der Waals surface area contributed by atoms with Crippen LogP contribution in [0.5, 0.6) is 5.75 Å². The van der Waals surface area contributed by atoms with Gasteiger partial charge in [0.1, 0.15) is 10.6 Å². The van der Waals surface area contributed by atoms with Crippen molar-refractivity contribution >= 4 is 38.7 Å². The highest BCUT2D eigenvalue weighted by atomic mass is 32.2. The van der Waals surface area contributed by atoms with Crippen molar-refractivity contribution in [2.45, 2.75) is 55.6 Å². The Morgan fingerprint density at radius 2 is 1.82 bits per heavy atom. The first-order valence-electron chi connectivity index (χ1n) is 11.2. The van der Waals surface area contributed by atoms with E-state index in [9.17, 15) is 18.3 Å². The Bertz CT molecular complexity index is 1270. The maximum absolute atomic E-state index is 12.8. The maximum atomic E-state index is 12.8. The number of H-pyrrole nitrogens is 1. The first-order valence-corrected chi connectivity index (χ1v) is 12.6. The quantitative estimate of drug-likeness (QED) is 0.389. The lowest BCUT2D eigenvalue weighted by atomic mass is 9.92. The normalized spacial score (nSPS) is 21.0. The molecule has 2 saturated carbocycles. The Morgan fingerprint density at radius 3 is 2.55 bits per heavy atom. The van der Waals surface area contributed by atoms with Crippen LogP contribution in [0.25, 0.3) is 11.0 Å². The molecule has 2 aromatic carbocycles. The molecular formula is C23H26N4O5S. The van der Waals surface area contributed by atoms with Gasteiger partial charge in [-0.1, -0.05) is 12.8 Å². The third-order valence-corrected chi connectivity index (χ3v) is 7.34. The number of aromatic amines is 1. The van der Waals surface area contributed by atoms with Crippen molar-refractivity contribution < 1.29 is 22.5 Å². The Balaban J connectivity index is 1.27. The highest BCUT2D eigenvalue weighted by Gasteiger charge is 2.30. The van der Waals surface area contributed by atoms with Gasteiger partial charge in [0.25, 0.3) is 0 Å². The van der Waals surface area contributed by atoms with E-state index in [2.05, 4.69) is 20.6 Å². The average molecular weight is 471 g/mol. The van der Waals surface area contributed by atoms with Crippen molar-refractivity contribution in [3.05, 3.63) is 42.5 Å². The molecule has 33 heavy (non-hydrogen) atoms. The third kappa shape index (κ3) is 4.96. The number of rotatable bonds is 7. The van der Waals surface area contributed by atoms with Gasteiger partial charge in [-0.15, -0.1) is 0 Å². The maximum Gasteiger partial charge on any atom is 0.339 e. The number of aliphatic hydroxyl groups is 1. The molecule has 1 amide bonds. The second-order valence-electron chi connectivity index (χ2n) is 8.69. The summed E-state index contributed by atoms with van der Waals surface area (Å²) in [5.41, 5.74) is 1.89. The van der Waals surface area contributed by atoms with Gasteiger partial charge in [-0.05, 0) is 62.1 Å². The Morgan fingerprint density at radius 1 is 1.06 bits per heavy atom. The molecule has 0 spiro atoms. The van der Waals surface area contributed by atoms with Crippen molar-refractivity contribution in [1.82, 2.24) is 9.97 Å². The molecule has 9 nitrogen and oxygen atoms in total. The van der Waals surface area contributed by atoms with E-state index in [1.54, 1.807) is 18.2 Å². The minimum absolute atomic E-state index is 0.0248. The number of aromatic nitrogens is 2.